The van der Waals surface area contributed by atoms with Crippen LogP contribution in [0.5, 0.6) is 0 Å². The highest BCUT2D eigenvalue weighted by Gasteiger charge is 2.07. The first-order valence-electron chi connectivity index (χ1n) is 7.40. The normalized spacial score (nSPS) is 11.6. The quantitative estimate of drug-likeness (QED) is 0.723. The molecule has 2 amide bonds. The van der Waals surface area contributed by atoms with Gasteiger partial charge in [0, 0.05) is 23.8 Å². The Kier molecular flexibility index (Phi) is 6.72. The molecule has 5 nitrogen and oxygen atoms in total. The molecule has 1 rings (SSSR count). The topological polar surface area (TPSA) is 70.2 Å². The number of carbonyl (C=O) groups excluding carboxylic acids is 2. The Balaban J connectivity index is 2.61. The van der Waals surface area contributed by atoms with Crippen LogP contribution in [0.3, 0.4) is 0 Å². The molecule has 0 aliphatic rings. The minimum Gasteiger partial charge on any atom is -0.376 e. The van der Waals surface area contributed by atoms with E-state index in [0.717, 1.165) is 23.4 Å². The maximum absolute atomic E-state index is 11.7. The molecule has 1 unspecified atom stereocenters. The Labute approximate surface area is 126 Å². The molecule has 21 heavy (non-hydrogen) atoms. The zero-order chi connectivity index (χ0) is 15.8. The van der Waals surface area contributed by atoms with Crippen LogP contribution in [0.2, 0.25) is 0 Å². The highest BCUT2D eigenvalue weighted by atomic mass is 16.2. The minimum absolute atomic E-state index is 0.0234. The van der Waals surface area contributed by atoms with E-state index in [1.807, 2.05) is 45.9 Å². The third-order valence-electron chi connectivity index (χ3n) is 3.31. The van der Waals surface area contributed by atoms with Gasteiger partial charge in [-0.05, 0) is 38.0 Å². The van der Waals surface area contributed by atoms with Crippen molar-refractivity contribution in [1.82, 2.24) is 5.32 Å². The lowest BCUT2D eigenvalue weighted by molar-refractivity contribution is -0.120. The first-order valence-corrected chi connectivity index (χ1v) is 7.40. The summed E-state index contributed by atoms with van der Waals surface area (Å²) in [6.07, 6.45) is 1.35. The molecule has 0 saturated heterocycles. The average molecular weight is 291 g/mol. The fourth-order valence-electron chi connectivity index (χ4n) is 1.72. The number of rotatable bonds is 7. The van der Waals surface area contributed by atoms with Crippen LogP contribution in [0.4, 0.5) is 11.4 Å². The molecule has 1 aromatic rings. The summed E-state index contributed by atoms with van der Waals surface area (Å²) in [6.45, 7) is 7.97. The van der Waals surface area contributed by atoms with E-state index >= 15 is 0 Å². The van der Waals surface area contributed by atoms with E-state index < -0.39 is 0 Å². The number of anilines is 2. The van der Waals surface area contributed by atoms with Crippen LogP contribution in [0, 0.1) is 6.92 Å². The van der Waals surface area contributed by atoms with Gasteiger partial charge in [0.2, 0.25) is 11.8 Å². The highest BCUT2D eigenvalue weighted by Crippen LogP contribution is 2.20. The lowest BCUT2D eigenvalue weighted by Gasteiger charge is -2.14. The van der Waals surface area contributed by atoms with E-state index in [1.165, 1.54) is 0 Å². The summed E-state index contributed by atoms with van der Waals surface area (Å²) in [6, 6.07) is 5.84. The Bertz CT molecular complexity index is 500. The zero-order valence-electron chi connectivity index (χ0n) is 13.2. The number of aryl methyl sites for hydroxylation is 1. The molecule has 0 aliphatic heterocycles. The lowest BCUT2D eigenvalue weighted by atomic mass is 10.1. The van der Waals surface area contributed by atoms with Crippen LogP contribution in [0.15, 0.2) is 18.2 Å². The van der Waals surface area contributed by atoms with Crippen molar-refractivity contribution < 1.29 is 9.59 Å². The molecule has 0 aliphatic carbocycles. The smallest absolute Gasteiger partial charge is 0.239 e. The number of carbonyl (C=O) groups is 2. The summed E-state index contributed by atoms with van der Waals surface area (Å²) in [5, 5.41) is 8.82. The zero-order valence-corrected chi connectivity index (χ0v) is 13.2. The summed E-state index contributed by atoms with van der Waals surface area (Å²) in [5.41, 5.74) is 2.58. The van der Waals surface area contributed by atoms with Crippen LogP contribution in [-0.2, 0) is 9.59 Å². The van der Waals surface area contributed by atoms with Crippen molar-refractivity contribution in [1.29, 1.82) is 0 Å². The average Bonchev–Trinajstić information content (AvgIpc) is 2.47. The van der Waals surface area contributed by atoms with Crippen LogP contribution in [0.1, 0.15) is 39.2 Å². The van der Waals surface area contributed by atoms with Crippen molar-refractivity contribution >= 4 is 23.2 Å². The Hall–Kier alpha value is -2.04. The van der Waals surface area contributed by atoms with Gasteiger partial charge in [-0.15, -0.1) is 0 Å². The Morgan fingerprint density at radius 2 is 1.90 bits per heavy atom. The van der Waals surface area contributed by atoms with Crippen molar-refractivity contribution in [3.63, 3.8) is 0 Å². The van der Waals surface area contributed by atoms with E-state index in [2.05, 4.69) is 16.0 Å². The van der Waals surface area contributed by atoms with E-state index in [1.54, 1.807) is 0 Å². The first-order chi connectivity index (χ1) is 9.96. The number of hydrogen-bond acceptors (Lipinski definition) is 3. The molecule has 5 heteroatoms. The van der Waals surface area contributed by atoms with Crippen molar-refractivity contribution in [2.75, 3.05) is 17.2 Å². The van der Waals surface area contributed by atoms with Crippen LogP contribution < -0.4 is 16.0 Å². The van der Waals surface area contributed by atoms with Gasteiger partial charge in [-0.2, -0.15) is 0 Å². The SMILES string of the molecule is CCC(=O)Nc1cc(NCC(=O)NC(C)CC)ccc1C. The lowest BCUT2D eigenvalue weighted by Crippen LogP contribution is -2.36. The predicted octanol–water partition coefficient (Wildman–Crippen LogP) is 2.67. The molecule has 1 atom stereocenters. The van der Waals surface area contributed by atoms with Gasteiger partial charge in [-0.3, -0.25) is 9.59 Å². The van der Waals surface area contributed by atoms with Gasteiger partial charge in [0.15, 0.2) is 0 Å². The Morgan fingerprint density at radius 3 is 2.52 bits per heavy atom. The van der Waals surface area contributed by atoms with E-state index in [-0.39, 0.29) is 24.4 Å². The summed E-state index contributed by atoms with van der Waals surface area (Å²) in [7, 11) is 0. The second-order valence-corrected chi connectivity index (χ2v) is 5.16. The maximum Gasteiger partial charge on any atom is 0.239 e. The standard InChI is InChI=1S/C16H25N3O2/c1-5-12(4)18-16(21)10-17-13-8-7-11(3)14(9-13)19-15(20)6-2/h7-9,12,17H,5-6,10H2,1-4H3,(H,18,21)(H,19,20). The van der Waals surface area contributed by atoms with Crippen molar-refractivity contribution in [3.05, 3.63) is 23.8 Å². The Morgan fingerprint density at radius 1 is 1.19 bits per heavy atom. The van der Waals surface area contributed by atoms with Gasteiger partial charge in [-0.1, -0.05) is 19.9 Å². The molecule has 0 aromatic heterocycles. The molecule has 0 heterocycles. The summed E-state index contributed by atoms with van der Waals surface area (Å²) < 4.78 is 0. The molecule has 0 saturated carbocycles. The molecule has 0 bridgehead atoms. The summed E-state index contributed by atoms with van der Waals surface area (Å²) in [4.78, 5) is 23.2. The number of benzene rings is 1. The largest absolute Gasteiger partial charge is 0.376 e. The molecular formula is C16H25N3O2. The molecule has 0 fully saturated rings. The van der Waals surface area contributed by atoms with Gasteiger partial charge < -0.3 is 16.0 Å². The predicted molar refractivity (Wildman–Crippen MR) is 86.5 cm³/mol. The van der Waals surface area contributed by atoms with Gasteiger partial charge in [0.05, 0.1) is 6.54 Å². The molecule has 0 radical (unpaired) electrons. The van der Waals surface area contributed by atoms with Crippen LogP contribution in [-0.4, -0.2) is 24.4 Å². The number of amides is 2. The van der Waals surface area contributed by atoms with Gasteiger partial charge in [-0.25, -0.2) is 0 Å². The molecule has 1 aromatic carbocycles. The van der Waals surface area contributed by atoms with Crippen molar-refractivity contribution in [2.45, 2.75) is 46.6 Å². The van der Waals surface area contributed by atoms with Gasteiger partial charge >= 0.3 is 0 Å². The van der Waals surface area contributed by atoms with Crippen molar-refractivity contribution in [3.8, 4) is 0 Å². The maximum atomic E-state index is 11.7. The third kappa shape index (κ3) is 5.85. The highest BCUT2D eigenvalue weighted by molar-refractivity contribution is 5.92. The minimum atomic E-state index is -0.0379. The fraction of sp³-hybridized carbons (Fsp3) is 0.500. The van der Waals surface area contributed by atoms with Gasteiger partial charge in [0.1, 0.15) is 0 Å². The van der Waals surface area contributed by atoms with Crippen molar-refractivity contribution in [2.24, 2.45) is 0 Å². The molecule has 116 valence electrons. The molecular weight excluding hydrogens is 266 g/mol. The van der Waals surface area contributed by atoms with Crippen LogP contribution in [0.25, 0.3) is 0 Å². The summed E-state index contributed by atoms with van der Waals surface area (Å²) >= 11 is 0. The third-order valence-corrected chi connectivity index (χ3v) is 3.31. The van der Waals surface area contributed by atoms with E-state index in [4.69, 9.17) is 0 Å². The van der Waals surface area contributed by atoms with Crippen LogP contribution >= 0.6 is 0 Å². The van der Waals surface area contributed by atoms with E-state index in [9.17, 15) is 9.59 Å². The second-order valence-electron chi connectivity index (χ2n) is 5.16. The number of hydrogen-bond donors (Lipinski definition) is 3. The molecule has 3 N–H and O–H groups in total. The van der Waals surface area contributed by atoms with E-state index in [0.29, 0.717) is 6.42 Å². The first kappa shape index (κ1) is 17.0. The van der Waals surface area contributed by atoms with Gasteiger partial charge in [0.25, 0.3) is 0 Å². The fourth-order valence-corrected chi connectivity index (χ4v) is 1.72. The summed E-state index contributed by atoms with van der Waals surface area (Å²) in [5.74, 6) is -0.0613. The second kappa shape index (κ2) is 8.29. The number of nitrogens with one attached hydrogen (secondary N) is 3. The monoisotopic (exact) mass is 291 g/mol. The molecule has 0 spiro atoms.